The quantitative estimate of drug-likeness (QED) is 0.915. The van der Waals surface area contributed by atoms with Gasteiger partial charge in [0.1, 0.15) is 17.3 Å². The summed E-state index contributed by atoms with van der Waals surface area (Å²) in [6.45, 7) is 4.29. The predicted octanol–water partition coefficient (Wildman–Crippen LogP) is 3.35. The molecule has 100 valence electrons. The second-order valence-corrected chi connectivity index (χ2v) is 4.48. The average molecular weight is 260 g/mol. The third-order valence-corrected chi connectivity index (χ3v) is 2.80. The SMILES string of the molecule is CNCc1cnc(C)cc1Oc1ccc(F)c(C)c1. The number of aryl methyl sites for hydroxylation is 2. The van der Waals surface area contributed by atoms with Crippen molar-refractivity contribution in [3.8, 4) is 11.5 Å². The van der Waals surface area contributed by atoms with Crippen LogP contribution in [0.25, 0.3) is 0 Å². The lowest BCUT2D eigenvalue weighted by Crippen LogP contribution is -2.07. The average Bonchev–Trinajstić information content (AvgIpc) is 2.37. The van der Waals surface area contributed by atoms with Crippen LogP contribution in [0.3, 0.4) is 0 Å². The first-order valence-corrected chi connectivity index (χ1v) is 6.14. The van der Waals surface area contributed by atoms with Crippen LogP contribution in [0.5, 0.6) is 11.5 Å². The molecule has 0 aliphatic heterocycles. The Morgan fingerprint density at radius 3 is 2.74 bits per heavy atom. The van der Waals surface area contributed by atoms with Gasteiger partial charge in [-0.2, -0.15) is 0 Å². The van der Waals surface area contributed by atoms with Crippen molar-refractivity contribution in [2.75, 3.05) is 7.05 Å². The zero-order chi connectivity index (χ0) is 13.8. The summed E-state index contributed by atoms with van der Waals surface area (Å²) >= 11 is 0. The molecule has 1 aromatic carbocycles. The first-order chi connectivity index (χ1) is 9.10. The molecule has 0 radical (unpaired) electrons. The molecular formula is C15H17FN2O. The molecule has 0 atom stereocenters. The van der Waals surface area contributed by atoms with E-state index in [2.05, 4.69) is 10.3 Å². The number of hydrogen-bond donors (Lipinski definition) is 1. The highest BCUT2D eigenvalue weighted by molar-refractivity contribution is 5.39. The van der Waals surface area contributed by atoms with Crippen LogP contribution in [-0.4, -0.2) is 12.0 Å². The molecule has 0 saturated carbocycles. The molecule has 3 nitrogen and oxygen atoms in total. The van der Waals surface area contributed by atoms with Gasteiger partial charge in [0.05, 0.1) is 0 Å². The Hall–Kier alpha value is -1.94. The molecule has 2 aromatic rings. The Kier molecular flexibility index (Phi) is 4.12. The van der Waals surface area contributed by atoms with Gasteiger partial charge in [-0.05, 0) is 44.7 Å². The number of aromatic nitrogens is 1. The highest BCUT2D eigenvalue weighted by Gasteiger charge is 2.07. The van der Waals surface area contributed by atoms with Crippen molar-refractivity contribution in [1.29, 1.82) is 0 Å². The third kappa shape index (κ3) is 3.29. The Morgan fingerprint density at radius 1 is 1.26 bits per heavy atom. The zero-order valence-corrected chi connectivity index (χ0v) is 11.3. The molecule has 0 bridgehead atoms. The van der Waals surface area contributed by atoms with Crippen LogP contribution >= 0.6 is 0 Å². The summed E-state index contributed by atoms with van der Waals surface area (Å²) in [5.41, 5.74) is 2.42. The molecule has 19 heavy (non-hydrogen) atoms. The van der Waals surface area contributed by atoms with Crippen LogP contribution < -0.4 is 10.1 Å². The van der Waals surface area contributed by atoms with Gasteiger partial charge in [0.2, 0.25) is 0 Å². The van der Waals surface area contributed by atoms with Crippen molar-refractivity contribution in [1.82, 2.24) is 10.3 Å². The molecular weight excluding hydrogens is 243 g/mol. The molecule has 0 unspecified atom stereocenters. The lowest BCUT2D eigenvalue weighted by atomic mass is 10.2. The van der Waals surface area contributed by atoms with E-state index >= 15 is 0 Å². The van der Waals surface area contributed by atoms with E-state index in [1.807, 2.05) is 20.0 Å². The Morgan fingerprint density at radius 2 is 2.05 bits per heavy atom. The van der Waals surface area contributed by atoms with Gasteiger partial charge < -0.3 is 10.1 Å². The topological polar surface area (TPSA) is 34.2 Å². The fraction of sp³-hybridized carbons (Fsp3) is 0.267. The summed E-state index contributed by atoms with van der Waals surface area (Å²) < 4.78 is 19.1. The first kappa shape index (κ1) is 13.5. The van der Waals surface area contributed by atoms with Gasteiger partial charge in [-0.1, -0.05) is 0 Å². The van der Waals surface area contributed by atoms with Crippen LogP contribution in [0.4, 0.5) is 4.39 Å². The summed E-state index contributed by atoms with van der Waals surface area (Å²) in [4.78, 5) is 4.25. The minimum atomic E-state index is -0.228. The van der Waals surface area contributed by atoms with Gasteiger partial charge in [0.15, 0.2) is 0 Å². The van der Waals surface area contributed by atoms with Crippen molar-refractivity contribution in [3.63, 3.8) is 0 Å². The number of pyridine rings is 1. The number of benzene rings is 1. The minimum Gasteiger partial charge on any atom is -0.457 e. The molecule has 0 fully saturated rings. The maximum atomic E-state index is 13.2. The van der Waals surface area contributed by atoms with E-state index in [-0.39, 0.29) is 5.82 Å². The minimum absolute atomic E-state index is 0.228. The van der Waals surface area contributed by atoms with Crippen molar-refractivity contribution in [2.24, 2.45) is 0 Å². The smallest absolute Gasteiger partial charge is 0.135 e. The number of hydrogen-bond acceptors (Lipinski definition) is 3. The number of halogens is 1. The van der Waals surface area contributed by atoms with Crippen LogP contribution in [0.2, 0.25) is 0 Å². The molecule has 1 aromatic heterocycles. The van der Waals surface area contributed by atoms with Gasteiger partial charge in [-0.25, -0.2) is 4.39 Å². The van der Waals surface area contributed by atoms with Gasteiger partial charge in [-0.15, -0.1) is 0 Å². The van der Waals surface area contributed by atoms with Gasteiger partial charge >= 0.3 is 0 Å². The summed E-state index contributed by atoms with van der Waals surface area (Å²) in [5, 5.41) is 3.07. The van der Waals surface area contributed by atoms with Gasteiger partial charge in [0, 0.05) is 30.1 Å². The van der Waals surface area contributed by atoms with Crippen molar-refractivity contribution < 1.29 is 9.13 Å². The Balaban J connectivity index is 2.30. The summed E-state index contributed by atoms with van der Waals surface area (Å²) in [5.74, 6) is 1.14. The largest absolute Gasteiger partial charge is 0.457 e. The number of nitrogens with zero attached hydrogens (tertiary/aromatic N) is 1. The number of rotatable bonds is 4. The normalized spacial score (nSPS) is 10.5. The molecule has 4 heteroatoms. The second-order valence-electron chi connectivity index (χ2n) is 4.48. The fourth-order valence-corrected chi connectivity index (χ4v) is 1.79. The molecule has 0 amide bonds. The summed E-state index contributed by atoms with van der Waals surface area (Å²) in [7, 11) is 1.87. The molecule has 0 aliphatic carbocycles. The van der Waals surface area contributed by atoms with Crippen LogP contribution in [-0.2, 0) is 6.54 Å². The van der Waals surface area contributed by atoms with Gasteiger partial charge in [0.25, 0.3) is 0 Å². The number of nitrogens with one attached hydrogen (secondary N) is 1. The molecule has 0 saturated heterocycles. The van der Waals surface area contributed by atoms with Crippen LogP contribution in [0.15, 0.2) is 30.5 Å². The highest BCUT2D eigenvalue weighted by Crippen LogP contribution is 2.26. The first-order valence-electron chi connectivity index (χ1n) is 6.14. The molecule has 0 spiro atoms. The van der Waals surface area contributed by atoms with E-state index in [1.54, 1.807) is 25.3 Å². The zero-order valence-electron chi connectivity index (χ0n) is 11.3. The maximum Gasteiger partial charge on any atom is 0.135 e. The third-order valence-electron chi connectivity index (χ3n) is 2.80. The summed E-state index contributed by atoms with van der Waals surface area (Å²) in [6, 6.07) is 6.61. The second kappa shape index (κ2) is 5.80. The maximum absolute atomic E-state index is 13.2. The molecule has 1 N–H and O–H groups in total. The van der Waals surface area contributed by atoms with Crippen molar-refractivity contribution in [2.45, 2.75) is 20.4 Å². The number of ether oxygens (including phenoxy) is 1. The van der Waals surface area contributed by atoms with E-state index in [4.69, 9.17) is 4.74 Å². The predicted molar refractivity (Wildman–Crippen MR) is 72.9 cm³/mol. The van der Waals surface area contributed by atoms with E-state index in [0.29, 0.717) is 17.9 Å². The monoisotopic (exact) mass is 260 g/mol. The Labute approximate surface area is 112 Å². The lowest BCUT2D eigenvalue weighted by molar-refractivity contribution is 0.470. The Bertz CT molecular complexity index is 584. The van der Waals surface area contributed by atoms with Crippen LogP contribution in [0, 0.1) is 19.7 Å². The standard InChI is InChI=1S/C15H17FN2O/c1-10-6-13(4-5-14(10)16)19-15-7-11(2)18-9-12(15)8-17-3/h4-7,9,17H,8H2,1-3H3. The summed E-state index contributed by atoms with van der Waals surface area (Å²) in [6.07, 6.45) is 1.79. The van der Waals surface area contributed by atoms with Crippen molar-refractivity contribution >= 4 is 0 Å². The van der Waals surface area contributed by atoms with E-state index < -0.39 is 0 Å². The highest BCUT2D eigenvalue weighted by atomic mass is 19.1. The van der Waals surface area contributed by atoms with Crippen molar-refractivity contribution in [3.05, 3.63) is 53.1 Å². The molecule has 1 heterocycles. The van der Waals surface area contributed by atoms with E-state index in [1.165, 1.54) is 6.07 Å². The van der Waals surface area contributed by atoms with E-state index in [0.717, 1.165) is 17.0 Å². The fourth-order valence-electron chi connectivity index (χ4n) is 1.79. The molecule has 0 aliphatic rings. The van der Waals surface area contributed by atoms with Crippen LogP contribution in [0.1, 0.15) is 16.8 Å². The lowest BCUT2D eigenvalue weighted by Gasteiger charge is -2.12. The van der Waals surface area contributed by atoms with Gasteiger partial charge in [-0.3, -0.25) is 4.98 Å². The van der Waals surface area contributed by atoms with E-state index in [9.17, 15) is 4.39 Å². The molecule has 2 rings (SSSR count).